The summed E-state index contributed by atoms with van der Waals surface area (Å²) in [5, 5.41) is 16.8. The zero-order valence-electron chi connectivity index (χ0n) is 17.2. The summed E-state index contributed by atoms with van der Waals surface area (Å²) >= 11 is 0. The minimum Gasteiger partial charge on any atom is -0.491 e. The summed E-state index contributed by atoms with van der Waals surface area (Å²) in [5.41, 5.74) is 0. The predicted molar refractivity (Wildman–Crippen MR) is 117 cm³/mol. The number of benzene rings is 2. The highest BCUT2D eigenvalue weighted by molar-refractivity contribution is 5.21. The molecule has 1 aliphatic heterocycles. The van der Waals surface area contributed by atoms with Gasteiger partial charge in [-0.25, -0.2) is 0 Å². The topological polar surface area (TPSA) is 83.4 Å². The molecule has 7 heteroatoms. The summed E-state index contributed by atoms with van der Waals surface area (Å²) in [5.74, 6) is 1.52. The largest absolute Gasteiger partial charge is 0.491 e. The zero-order valence-corrected chi connectivity index (χ0v) is 17.2. The number of likely N-dealkylation sites (tertiary alicyclic amines) is 1. The van der Waals surface area contributed by atoms with Crippen molar-refractivity contribution in [2.24, 2.45) is 5.18 Å². The van der Waals surface area contributed by atoms with E-state index in [1.54, 1.807) is 0 Å². The fraction of sp³-hybridized carbons (Fsp3) is 0.478. The Kier molecular flexibility index (Phi) is 9.08. The molecule has 0 aromatic heterocycles. The highest BCUT2D eigenvalue weighted by Gasteiger charge is 2.23. The summed E-state index contributed by atoms with van der Waals surface area (Å²) in [7, 11) is 0. The molecule has 162 valence electrons. The van der Waals surface area contributed by atoms with Gasteiger partial charge in [-0.1, -0.05) is 41.6 Å². The fourth-order valence-corrected chi connectivity index (χ4v) is 3.51. The van der Waals surface area contributed by atoms with Crippen LogP contribution in [0.15, 0.2) is 65.8 Å². The molecule has 0 bridgehead atoms. The van der Waals surface area contributed by atoms with Gasteiger partial charge < -0.3 is 24.8 Å². The van der Waals surface area contributed by atoms with Crippen LogP contribution in [0.1, 0.15) is 12.8 Å². The lowest BCUT2D eigenvalue weighted by Crippen LogP contribution is -2.47. The van der Waals surface area contributed by atoms with E-state index in [0.717, 1.165) is 37.4 Å². The molecule has 1 heterocycles. The first kappa shape index (κ1) is 22.2. The van der Waals surface area contributed by atoms with Gasteiger partial charge in [0, 0.05) is 19.1 Å². The summed E-state index contributed by atoms with van der Waals surface area (Å²) < 4.78 is 11.3. The van der Waals surface area contributed by atoms with Crippen molar-refractivity contribution in [3.05, 3.63) is 65.6 Å². The minimum atomic E-state index is -0.554. The van der Waals surface area contributed by atoms with Crippen molar-refractivity contribution in [1.82, 2.24) is 10.2 Å². The summed E-state index contributed by atoms with van der Waals surface area (Å²) in [6.45, 7) is 3.46. The Morgan fingerprint density at radius 1 is 0.967 bits per heavy atom. The average molecular weight is 414 g/mol. The van der Waals surface area contributed by atoms with Gasteiger partial charge in [-0.15, -0.1) is 0 Å². The van der Waals surface area contributed by atoms with Crippen molar-refractivity contribution < 1.29 is 14.6 Å². The normalized spacial score (nSPS) is 17.2. The number of nitroso groups, excluding NO2 is 1. The van der Waals surface area contributed by atoms with E-state index in [-0.39, 0.29) is 12.6 Å². The molecule has 30 heavy (non-hydrogen) atoms. The van der Waals surface area contributed by atoms with E-state index < -0.39 is 6.10 Å². The van der Waals surface area contributed by atoms with Crippen LogP contribution < -0.4 is 14.8 Å². The van der Waals surface area contributed by atoms with Gasteiger partial charge in [0.2, 0.25) is 0 Å². The molecule has 3 rings (SSSR count). The van der Waals surface area contributed by atoms with E-state index in [1.165, 1.54) is 0 Å². The molecular formula is C23H31N3O4. The predicted octanol–water partition coefficient (Wildman–Crippen LogP) is 2.69. The Bertz CT molecular complexity index is 724. The molecule has 2 aromatic rings. The molecule has 7 nitrogen and oxygen atoms in total. The number of hydrogen-bond donors (Lipinski definition) is 2. The minimum absolute atomic E-state index is 0.268. The van der Waals surface area contributed by atoms with Crippen LogP contribution in [-0.4, -0.2) is 67.6 Å². The Morgan fingerprint density at radius 2 is 1.53 bits per heavy atom. The summed E-state index contributed by atoms with van der Waals surface area (Å²) in [6.07, 6.45) is 1.39. The Labute approximate surface area is 178 Å². The third kappa shape index (κ3) is 7.74. The van der Waals surface area contributed by atoms with E-state index in [0.29, 0.717) is 25.7 Å². The number of hydrogen-bond acceptors (Lipinski definition) is 7. The number of ether oxygens (including phenoxy) is 2. The molecule has 1 saturated heterocycles. The van der Waals surface area contributed by atoms with Crippen molar-refractivity contribution in [3.8, 4) is 11.5 Å². The standard InChI is InChI=1S/C23H31N3O4/c27-21(18-30-23-9-5-2-6-10-23)15-24-19-11-13-26(14-12-19)16-20(25-28)17-29-22-7-3-1-4-8-22/h1-10,19-21,24,27H,11-18H2. The average Bonchev–Trinajstić information content (AvgIpc) is 2.81. The van der Waals surface area contributed by atoms with Crippen LogP contribution >= 0.6 is 0 Å². The summed E-state index contributed by atoms with van der Waals surface area (Å²) in [4.78, 5) is 13.5. The molecule has 0 spiro atoms. The molecule has 0 saturated carbocycles. The van der Waals surface area contributed by atoms with E-state index in [1.807, 2.05) is 60.7 Å². The van der Waals surface area contributed by atoms with Gasteiger partial charge in [0.15, 0.2) is 0 Å². The van der Waals surface area contributed by atoms with Crippen LogP contribution in [0, 0.1) is 4.91 Å². The molecule has 0 amide bonds. The fourth-order valence-electron chi connectivity index (χ4n) is 3.51. The molecular weight excluding hydrogens is 382 g/mol. The maximum absolute atomic E-state index is 11.2. The number of para-hydroxylation sites is 2. The van der Waals surface area contributed by atoms with Crippen molar-refractivity contribution >= 4 is 0 Å². The maximum Gasteiger partial charge on any atom is 0.138 e. The number of piperidine rings is 1. The second-order valence-electron chi connectivity index (χ2n) is 7.64. The number of nitrogens with one attached hydrogen (secondary N) is 1. The molecule has 0 aliphatic carbocycles. The highest BCUT2D eigenvalue weighted by Crippen LogP contribution is 2.14. The lowest BCUT2D eigenvalue weighted by atomic mass is 10.0. The van der Waals surface area contributed by atoms with Gasteiger partial charge in [-0.2, -0.15) is 4.91 Å². The first-order chi connectivity index (χ1) is 14.7. The van der Waals surface area contributed by atoms with Crippen LogP contribution in [-0.2, 0) is 0 Å². The summed E-state index contributed by atoms with van der Waals surface area (Å²) in [6, 6.07) is 19.0. The molecule has 2 aromatic carbocycles. The lowest BCUT2D eigenvalue weighted by molar-refractivity contribution is 0.0974. The van der Waals surface area contributed by atoms with E-state index in [2.05, 4.69) is 15.4 Å². The Morgan fingerprint density at radius 3 is 2.10 bits per heavy atom. The van der Waals surface area contributed by atoms with E-state index in [4.69, 9.17) is 9.47 Å². The Balaban J connectivity index is 1.29. The lowest BCUT2D eigenvalue weighted by Gasteiger charge is -2.33. The van der Waals surface area contributed by atoms with Gasteiger partial charge >= 0.3 is 0 Å². The van der Waals surface area contributed by atoms with Crippen LogP contribution in [0.3, 0.4) is 0 Å². The SMILES string of the molecule is O=NC(COc1ccccc1)CN1CCC(NCC(O)COc2ccccc2)CC1. The second-order valence-corrected chi connectivity index (χ2v) is 7.64. The van der Waals surface area contributed by atoms with Gasteiger partial charge in [-0.3, -0.25) is 0 Å². The quantitative estimate of drug-likeness (QED) is 0.521. The number of aliphatic hydroxyl groups excluding tert-OH is 1. The van der Waals surface area contributed by atoms with Crippen molar-refractivity contribution in [2.45, 2.75) is 31.0 Å². The van der Waals surface area contributed by atoms with Crippen LogP contribution in [0.2, 0.25) is 0 Å². The molecule has 1 fully saturated rings. The van der Waals surface area contributed by atoms with E-state index in [9.17, 15) is 10.0 Å². The first-order valence-corrected chi connectivity index (χ1v) is 10.5. The van der Waals surface area contributed by atoms with Gasteiger partial charge in [0.25, 0.3) is 0 Å². The maximum atomic E-state index is 11.2. The van der Waals surface area contributed by atoms with E-state index >= 15 is 0 Å². The molecule has 2 atom stereocenters. The van der Waals surface area contributed by atoms with Crippen LogP contribution in [0.25, 0.3) is 0 Å². The molecule has 2 unspecified atom stereocenters. The third-order valence-electron chi connectivity index (χ3n) is 5.22. The zero-order chi connectivity index (χ0) is 21.0. The number of rotatable bonds is 12. The monoisotopic (exact) mass is 413 g/mol. The van der Waals surface area contributed by atoms with Gasteiger partial charge in [0.1, 0.15) is 36.9 Å². The Hall–Kier alpha value is -2.48. The second kappa shape index (κ2) is 12.3. The third-order valence-corrected chi connectivity index (χ3v) is 5.22. The number of nitrogens with zero attached hydrogens (tertiary/aromatic N) is 2. The van der Waals surface area contributed by atoms with Gasteiger partial charge in [0.05, 0.1) is 0 Å². The number of aliphatic hydroxyl groups is 1. The molecule has 2 N–H and O–H groups in total. The van der Waals surface area contributed by atoms with Crippen molar-refractivity contribution in [3.63, 3.8) is 0 Å². The van der Waals surface area contributed by atoms with Gasteiger partial charge in [-0.05, 0) is 50.2 Å². The molecule has 0 radical (unpaired) electrons. The first-order valence-electron chi connectivity index (χ1n) is 10.5. The highest BCUT2D eigenvalue weighted by atomic mass is 16.5. The molecule has 1 aliphatic rings. The smallest absolute Gasteiger partial charge is 0.138 e. The van der Waals surface area contributed by atoms with Crippen LogP contribution in [0.4, 0.5) is 0 Å². The van der Waals surface area contributed by atoms with Crippen molar-refractivity contribution in [2.75, 3.05) is 39.4 Å². The van der Waals surface area contributed by atoms with Crippen LogP contribution in [0.5, 0.6) is 11.5 Å². The van der Waals surface area contributed by atoms with Crippen molar-refractivity contribution in [1.29, 1.82) is 0 Å².